The second-order valence-electron chi connectivity index (χ2n) is 5.54. The summed E-state index contributed by atoms with van der Waals surface area (Å²) < 4.78 is 31.8. The van der Waals surface area contributed by atoms with Crippen molar-refractivity contribution in [3.05, 3.63) is 59.5 Å². The summed E-state index contributed by atoms with van der Waals surface area (Å²) in [5.74, 6) is 0.423. The van der Waals surface area contributed by atoms with Crippen LogP contribution in [0.5, 0.6) is 0 Å². The number of nitrogens with zero attached hydrogens (tertiary/aromatic N) is 2. The van der Waals surface area contributed by atoms with Crippen LogP contribution in [0.15, 0.2) is 58.1 Å². The van der Waals surface area contributed by atoms with Crippen LogP contribution in [0.2, 0.25) is 5.02 Å². The Bertz CT molecular complexity index is 870. The number of carbonyl (C=O) groups excluding carboxylic acids is 1. The van der Waals surface area contributed by atoms with E-state index in [2.05, 4.69) is 0 Å². The zero-order valence-corrected chi connectivity index (χ0v) is 14.9. The molecule has 2 aromatic rings. The number of benzene rings is 1. The lowest BCUT2D eigenvalue weighted by atomic mass is 10.3. The van der Waals surface area contributed by atoms with Crippen LogP contribution in [0.1, 0.15) is 5.76 Å². The maximum atomic E-state index is 12.6. The number of rotatable bonds is 4. The average Bonchev–Trinajstić information content (AvgIpc) is 3.13. The fraction of sp³-hybridized carbons (Fsp3) is 0.235. The lowest BCUT2D eigenvalue weighted by Gasteiger charge is -2.33. The first-order valence-corrected chi connectivity index (χ1v) is 9.55. The standard InChI is InChI=1S/C17H17ClN2O4S/c18-14-3-1-5-16(13-14)25(22,23)20-10-8-19(9-11-20)17(21)7-6-15-4-2-12-24-15/h1-7,12-13H,8-11H2. The monoisotopic (exact) mass is 380 g/mol. The van der Waals surface area contributed by atoms with Crippen molar-refractivity contribution >= 4 is 33.6 Å². The number of sulfonamides is 1. The first-order chi connectivity index (χ1) is 12.0. The fourth-order valence-corrected chi connectivity index (χ4v) is 4.29. The molecule has 0 radical (unpaired) electrons. The molecule has 6 nitrogen and oxygen atoms in total. The lowest BCUT2D eigenvalue weighted by Crippen LogP contribution is -2.50. The summed E-state index contributed by atoms with van der Waals surface area (Å²) in [5, 5.41) is 0.373. The molecule has 0 atom stereocenters. The number of hydrogen-bond acceptors (Lipinski definition) is 4. The minimum Gasteiger partial charge on any atom is -0.465 e. The third-order valence-corrected chi connectivity index (χ3v) is 6.05. The molecule has 1 saturated heterocycles. The predicted octanol–water partition coefficient (Wildman–Crippen LogP) is 2.48. The van der Waals surface area contributed by atoms with Crippen molar-refractivity contribution in [1.82, 2.24) is 9.21 Å². The van der Waals surface area contributed by atoms with E-state index >= 15 is 0 Å². The molecule has 0 bridgehead atoms. The second kappa shape index (κ2) is 7.43. The topological polar surface area (TPSA) is 70.8 Å². The molecule has 0 spiro atoms. The number of hydrogen-bond donors (Lipinski definition) is 0. The van der Waals surface area contributed by atoms with Gasteiger partial charge in [-0.1, -0.05) is 17.7 Å². The van der Waals surface area contributed by atoms with Gasteiger partial charge in [0.15, 0.2) is 0 Å². The number of furan rings is 1. The molecule has 0 saturated carbocycles. The van der Waals surface area contributed by atoms with Gasteiger partial charge < -0.3 is 9.32 Å². The molecule has 1 aliphatic rings. The second-order valence-corrected chi connectivity index (χ2v) is 7.91. The van der Waals surface area contributed by atoms with Crippen molar-refractivity contribution in [1.29, 1.82) is 0 Å². The van der Waals surface area contributed by atoms with E-state index in [0.29, 0.717) is 23.9 Å². The maximum absolute atomic E-state index is 12.6. The van der Waals surface area contributed by atoms with E-state index in [9.17, 15) is 13.2 Å². The molecule has 1 amide bonds. The van der Waals surface area contributed by atoms with Crippen LogP contribution < -0.4 is 0 Å². The highest BCUT2D eigenvalue weighted by Gasteiger charge is 2.29. The van der Waals surface area contributed by atoms with Gasteiger partial charge in [0.1, 0.15) is 5.76 Å². The minimum atomic E-state index is -3.60. The van der Waals surface area contributed by atoms with E-state index < -0.39 is 10.0 Å². The van der Waals surface area contributed by atoms with Crippen molar-refractivity contribution in [3.63, 3.8) is 0 Å². The van der Waals surface area contributed by atoms with Gasteiger partial charge in [-0.2, -0.15) is 4.31 Å². The summed E-state index contributed by atoms with van der Waals surface area (Å²) >= 11 is 5.88. The van der Waals surface area contributed by atoms with Gasteiger partial charge in [0.2, 0.25) is 15.9 Å². The van der Waals surface area contributed by atoms with E-state index in [-0.39, 0.29) is 23.9 Å². The summed E-state index contributed by atoms with van der Waals surface area (Å²) in [7, 11) is -3.60. The van der Waals surface area contributed by atoms with Gasteiger partial charge in [-0.15, -0.1) is 0 Å². The van der Waals surface area contributed by atoms with Gasteiger partial charge in [-0.25, -0.2) is 8.42 Å². The van der Waals surface area contributed by atoms with E-state index in [0.717, 1.165) is 0 Å². The van der Waals surface area contributed by atoms with Crippen molar-refractivity contribution < 1.29 is 17.6 Å². The zero-order valence-electron chi connectivity index (χ0n) is 13.3. The molecule has 0 N–H and O–H groups in total. The summed E-state index contributed by atoms with van der Waals surface area (Å²) in [4.78, 5) is 14.0. The molecule has 132 valence electrons. The molecular weight excluding hydrogens is 364 g/mol. The highest BCUT2D eigenvalue weighted by Crippen LogP contribution is 2.21. The zero-order chi connectivity index (χ0) is 17.9. The van der Waals surface area contributed by atoms with Gasteiger partial charge in [0.25, 0.3) is 0 Å². The molecule has 3 rings (SSSR count). The highest BCUT2D eigenvalue weighted by atomic mass is 35.5. The summed E-state index contributed by atoms with van der Waals surface area (Å²) in [6.07, 6.45) is 4.56. The molecule has 25 heavy (non-hydrogen) atoms. The third kappa shape index (κ3) is 4.12. The number of carbonyl (C=O) groups is 1. The Morgan fingerprint density at radius 3 is 2.52 bits per heavy atom. The summed E-state index contributed by atoms with van der Waals surface area (Å²) in [6, 6.07) is 9.67. The van der Waals surface area contributed by atoms with Gasteiger partial charge >= 0.3 is 0 Å². The van der Waals surface area contributed by atoms with E-state index in [1.54, 1.807) is 35.2 Å². The molecule has 2 heterocycles. The van der Waals surface area contributed by atoms with Gasteiger partial charge in [-0.3, -0.25) is 4.79 Å². The Morgan fingerprint density at radius 1 is 1.12 bits per heavy atom. The molecular formula is C17H17ClN2O4S. The van der Waals surface area contributed by atoms with Gasteiger partial charge in [0.05, 0.1) is 11.2 Å². The first kappa shape index (κ1) is 17.7. The van der Waals surface area contributed by atoms with Crippen molar-refractivity contribution in [2.45, 2.75) is 4.90 Å². The van der Waals surface area contributed by atoms with Crippen LogP contribution in [0.4, 0.5) is 0 Å². The Kier molecular flexibility index (Phi) is 5.27. The maximum Gasteiger partial charge on any atom is 0.246 e. The van der Waals surface area contributed by atoms with E-state index in [4.69, 9.17) is 16.0 Å². The predicted molar refractivity (Wildman–Crippen MR) is 94.5 cm³/mol. The summed E-state index contributed by atoms with van der Waals surface area (Å²) in [6.45, 7) is 1.16. The third-order valence-electron chi connectivity index (χ3n) is 3.92. The van der Waals surface area contributed by atoms with Gasteiger partial charge in [-0.05, 0) is 36.4 Å². The van der Waals surface area contributed by atoms with Crippen LogP contribution in [0, 0.1) is 0 Å². The van der Waals surface area contributed by atoms with Crippen LogP contribution in [0.25, 0.3) is 6.08 Å². The first-order valence-electron chi connectivity index (χ1n) is 7.73. The lowest BCUT2D eigenvalue weighted by molar-refractivity contribution is -0.127. The fourth-order valence-electron chi connectivity index (χ4n) is 2.57. The van der Waals surface area contributed by atoms with Crippen molar-refractivity contribution in [2.75, 3.05) is 26.2 Å². The SMILES string of the molecule is O=C(C=Cc1ccco1)N1CCN(S(=O)(=O)c2cccc(Cl)c2)CC1. The number of piperazine rings is 1. The molecule has 1 fully saturated rings. The Labute approximate surface area is 151 Å². The van der Waals surface area contributed by atoms with E-state index in [1.807, 2.05) is 0 Å². The molecule has 0 unspecified atom stereocenters. The van der Waals surface area contributed by atoms with Crippen LogP contribution in [-0.4, -0.2) is 49.7 Å². The minimum absolute atomic E-state index is 0.164. The summed E-state index contributed by atoms with van der Waals surface area (Å²) in [5.41, 5.74) is 0. The number of amides is 1. The van der Waals surface area contributed by atoms with Crippen LogP contribution >= 0.6 is 11.6 Å². The number of halogens is 1. The van der Waals surface area contributed by atoms with Gasteiger partial charge in [0, 0.05) is 37.3 Å². The largest absolute Gasteiger partial charge is 0.465 e. The Hall–Kier alpha value is -2.09. The average molecular weight is 381 g/mol. The molecule has 0 aliphatic carbocycles. The molecule has 8 heteroatoms. The molecule has 1 aromatic heterocycles. The van der Waals surface area contributed by atoms with E-state index in [1.165, 1.54) is 28.8 Å². The Morgan fingerprint density at radius 2 is 1.88 bits per heavy atom. The quantitative estimate of drug-likeness (QED) is 0.764. The highest BCUT2D eigenvalue weighted by molar-refractivity contribution is 7.89. The van der Waals surface area contributed by atoms with Crippen molar-refractivity contribution in [2.24, 2.45) is 0 Å². The smallest absolute Gasteiger partial charge is 0.246 e. The molecule has 1 aromatic carbocycles. The van der Waals surface area contributed by atoms with Crippen LogP contribution in [0.3, 0.4) is 0 Å². The normalized spacial score (nSPS) is 16.4. The van der Waals surface area contributed by atoms with Crippen molar-refractivity contribution in [3.8, 4) is 0 Å². The molecule has 1 aliphatic heterocycles. The van der Waals surface area contributed by atoms with Crippen LogP contribution in [-0.2, 0) is 14.8 Å². The Balaban J connectivity index is 1.62.